The minimum absolute atomic E-state index is 0.0702. The van der Waals surface area contributed by atoms with Gasteiger partial charge >= 0.3 is 11.9 Å². The number of carboxylic acid groups (broad SMARTS) is 2. The lowest BCUT2D eigenvalue weighted by Crippen LogP contribution is -2.39. The minimum atomic E-state index is -2.27. The minimum Gasteiger partial charge on any atom is -0.479 e. The predicted octanol–water partition coefficient (Wildman–Crippen LogP) is -0.910. The van der Waals surface area contributed by atoms with Crippen LogP contribution in [0.2, 0.25) is 10.0 Å². The first-order chi connectivity index (χ1) is 11.5. The number of carbonyl (C=O) groups is 2. The number of aliphatic imine (C=N–C) groups is 2. The van der Waals surface area contributed by atoms with Gasteiger partial charge in [0.1, 0.15) is 0 Å². The SMILES string of the molecule is NC(N)=NC(N)=Nc1ccc(Cl)cc1Cl.O=C(O)C(O)C(O)C(=O)O. The van der Waals surface area contributed by atoms with Crippen LogP contribution in [-0.4, -0.2) is 56.5 Å². The molecule has 0 saturated heterocycles. The lowest BCUT2D eigenvalue weighted by atomic mass is 10.2. The van der Waals surface area contributed by atoms with Gasteiger partial charge in [0.15, 0.2) is 18.2 Å². The number of carboxylic acids is 2. The Morgan fingerprint density at radius 3 is 1.84 bits per heavy atom. The Hall–Kier alpha value is -2.60. The van der Waals surface area contributed by atoms with E-state index < -0.39 is 24.1 Å². The molecule has 1 aromatic carbocycles. The molecule has 1 aromatic rings. The van der Waals surface area contributed by atoms with Gasteiger partial charge in [0.2, 0.25) is 5.96 Å². The molecule has 25 heavy (non-hydrogen) atoms. The van der Waals surface area contributed by atoms with Gasteiger partial charge in [-0.15, -0.1) is 0 Å². The summed E-state index contributed by atoms with van der Waals surface area (Å²) in [7, 11) is 0. The number of aliphatic carboxylic acids is 2. The van der Waals surface area contributed by atoms with Gasteiger partial charge in [-0.05, 0) is 18.2 Å². The summed E-state index contributed by atoms with van der Waals surface area (Å²) in [5, 5.41) is 33.4. The Morgan fingerprint density at radius 2 is 1.48 bits per heavy atom. The molecule has 0 heterocycles. The van der Waals surface area contributed by atoms with Crippen molar-refractivity contribution in [3.8, 4) is 0 Å². The summed E-state index contributed by atoms with van der Waals surface area (Å²) in [6, 6.07) is 4.79. The van der Waals surface area contributed by atoms with Crippen molar-refractivity contribution in [3.05, 3.63) is 28.2 Å². The van der Waals surface area contributed by atoms with Crippen LogP contribution in [0.25, 0.3) is 0 Å². The van der Waals surface area contributed by atoms with Gasteiger partial charge < -0.3 is 37.6 Å². The zero-order chi connectivity index (χ0) is 19.7. The van der Waals surface area contributed by atoms with Gasteiger partial charge in [0.25, 0.3) is 0 Å². The number of halogens is 2. The Kier molecular flexibility index (Phi) is 9.23. The number of benzene rings is 1. The fourth-order valence-corrected chi connectivity index (χ4v) is 1.57. The molecule has 0 bridgehead atoms. The summed E-state index contributed by atoms with van der Waals surface area (Å²) >= 11 is 11.6. The van der Waals surface area contributed by atoms with Crippen LogP contribution in [0.15, 0.2) is 28.2 Å². The number of hydrogen-bond donors (Lipinski definition) is 7. The smallest absolute Gasteiger partial charge is 0.335 e. The summed E-state index contributed by atoms with van der Waals surface area (Å²) in [5.41, 5.74) is 16.1. The Balaban J connectivity index is 0.000000504. The quantitative estimate of drug-likeness (QED) is 0.247. The van der Waals surface area contributed by atoms with Crippen LogP contribution in [0.5, 0.6) is 0 Å². The van der Waals surface area contributed by atoms with Crippen LogP contribution in [-0.2, 0) is 9.59 Å². The molecule has 2 atom stereocenters. The molecule has 11 nitrogen and oxygen atoms in total. The number of rotatable bonds is 4. The summed E-state index contributed by atoms with van der Waals surface area (Å²) in [6.07, 6.45) is -4.53. The zero-order valence-corrected chi connectivity index (χ0v) is 13.9. The summed E-state index contributed by atoms with van der Waals surface area (Å²) < 4.78 is 0. The molecule has 138 valence electrons. The predicted molar refractivity (Wildman–Crippen MR) is 90.8 cm³/mol. The molecule has 13 heteroatoms. The maximum absolute atomic E-state index is 9.77. The molecular weight excluding hydrogens is 381 g/mol. The summed E-state index contributed by atoms with van der Waals surface area (Å²) in [4.78, 5) is 27.0. The molecule has 0 aliphatic heterocycles. The molecule has 0 fully saturated rings. The van der Waals surface area contributed by atoms with Crippen LogP contribution in [0, 0.1) is 0 Å². The maximum Gasteiger partial charge on any atom is 0.335 e. The summed E-state index contributed by atoms with van der Waals surface area (Å²) in [6.45, 7) is 0. The molecular formula is C12H15Cl2N5O6. The van der Waals surface area contributed by atoms with E-state index in [1.807, 2.05) is 0 Å². The van der Waals surface area contributed by atoms with Gasteiger partial charge in [-0.25, -0.2) is 14.6 Å². The average Bonchev–Trinajstić information content (AvgIpc) is 2.48. The highest BCUT2D eigenvalue weighted by Crippen LogP contribution is 2.27. The lowest BCUT2D eigenvalue weighted by Gasteiger charge is -2.07. The molecule has 2 unspecified atom stereocenters. The van der Waals surface area contributed by atoms with E-state index in [2.05, 4.69) is 9.98 Å². The van der Waals surface area contributed by atoms with E-state index in [0.29, 0.717) is 15.7 Å². The highest BCUT2D eigenvalue weighted by atomic mass is 35.5. The number of nitrogens with zero attached hydrogens (tertiary/aromatic N) is 2. The Labute approximate surface area is 151 Å². The van der Waals surface area contributed by atoms with Crippen molar-refractivity contribution in [2.24, 2.45) is 27.2 Å². The Bertz CT molecular complexity index is 675. The van der Waals surface area contributed by atoms with Crippen LogP contribution in [0.4, 0.5) is 5.69 Å². The van der Waals surface area contributed by atoms with Crippen molar-refractivity contribution in [1.29, 1.82) is 0 Å². The van der Waals surface area contributed by atoms with E-state index in [9.17, 15) is 9.59 Å². The second kappa shape index (κ2) is 10.3. The molecule has 1 rings (SSSR count). The molecule has 0 radical (unpaired) electrons. The third-order valence-electron chi connectivity index (χ3n) is 2.19. The highest BCUT2D eigenvalue weighted by molar-refractivity contribution is 6.36. The average molecular weight is 396 g/mol. The number of guanidine groups is 2. The Morgan fingerprint density at radius 1 is 1.00 bits per heavy atom. The van der Waals surface area contributed by atoms with E-state index in [4.69, 9.17) is 60.8 Å². The van der Waals surface area contributed by atoms with Crippen molar-refractivity contribution in [3.63, 3.8) is 0 Å². The fraction of sp³-hybridized carbons (Fsp3) is 0.167. The first kappa shape index (κ1) is 22.4. The van der Waals surface area contributed by atoms with Gasteiger partial charge in [-0.1, -0.05) is 23.2 Å². The standard InChI is InChI=1S/C8H9Cl2N5.C4H6O6/c9-4-1-2-6(5(10)3-4)14-8(13)15-7(11)12;5-1(3(7)8)2(6)4(9)10/h1-3H,(H6,11,12,13,14,15);1-2,5-6H,(H,7,8)(H,9,10). The molecule has 0 saturated carbocycles. The molecule has 0 amide bonds. The number of nitrogens with two attached hydrogens (primary N) is 3. The van der Waals surface area contributed by atoms with E-state index >= 15 is 0 Å². The molecule has 0 aliphatic rings. The van der Waals surface area contributed by atoms with Crippen LogP contribution < -0.4 is 17.2 Å². The fourth-order valence-electron chi connectivity index (χ4n) is 1.12. The van der Waals surface area contributed by atoms with Crippen molar-refractivity contribution in [2.75, 3.05) is 0 Å². The van der Waals surface area contributed by atoms with Gasteiger partial charge in [-0.2, -0.15) is 4.99 Å². The lowest BCUT2D eigenvalue weighted by molar-refractivity contribution is -0.165. The van der Waals surface area contributed by atoms with Crippen molar-refractivity contribution >= 4 is 52.7 Å². The molecule has 0 aliphatic carbocycles. The van der Waals surface area contributed by atoms with Crippen LogP contribution in [0.1, 0.15) is 0 Å². The second-order valence-corrected chi connectivity index (χ2v) is 5.01. The van der Waals surface area contributed by atoms with Crippen molar-refractivity contribution in [1.82, 2.24) is 0 Å². The molecule has 0 spiro atoms. The largest absolute Gasteiger partial charge is 0.479 e. The van der Waals surface area contributed by atoms with Crippen LogP contribution in [0.3, 0.4) is 0 Å². The first-order valence-corrected chi connectivity index (χ1v) is 6.91. The molecule has 0 aromatic heterocycles. The zero-order valence-electron chi connectivity index (χ0n) is 12.4. The highest BCUT2D eigenvalue weighted by Gasteiger charge is 2.29. The van der Waals surface area contributed by atoms with E-state index in [-0.39, 0.29) is 11.9 Å². The van der Waals surface area contributed by atoms with Gasteiger partial charge in [-0.3, -0.25) is 0 Å². The van der Waals surface area contributed by atoms with E-state index in [1.54, 1.807) is 18.2 Å². The van der Waals surface area contributed by atoms with E-state index in [1.165, 1.54) is 0 Å². The topological polar surface area (TPSA) is 218 Å². The third-order valence-corrected chi connectivity index (χ3v) is 2.73. The number of aliphatic hydroxyl groups is 2. The third kappa shape index (κ3) is 8.72. The van der Waals surface area contributed by atoms with Crippen molar-refractivity contribution < 1.29 is 30.0 Å². The maximum atomic E-state index is 9.77. The monoisotopic (exact) mass is 395 g/mol. The van der Waals surface area contributed by atoms with Crippen molar-refractivity contribution in [2.45, 2.75) is 12.2 Å². The second-order valence-electron chi connectivity index (χ2n) is 4.17. The first-order valence-electron chi connectivity index (χ1n) is 6.16. The summed E-state index contributed by atoms with van der Waals surface area (Å²) in [5.74, 6) is -3.77. The van der Waals surface area contributed by atoms with Gasteiger partial charge in [0, 0.05) is 5.02 Å². The normalized spacial score (nSPS) is 13.0. The number of aliphatic hydroxyl groups excluding tert-OH is 2. The van der Waals surface area contributed by atoms with Crippen LogP contribution >= 0.6 is 23.2 Å². The van der Waals surface area contributed by atoms with Gasteiger partial charge in [0.05, 0.1) is 10.7 Å². The number of hydrogen-bond acceptors (Lipinski definition) is 5. The molecule has 10 N–H and O–H groups in total. The van der Waals surface area contributed by atoms with E-state index in [0.717, 1.165) is 0 Å².